The van der Waals surface area contributed by atoms with Gasteiger partial charge >= 0.3 is 6.03 Å². The van der Waals surface area contributed by atoms with Crippen molar-refractivity contribution >= 4 is 41.2 Å². The molecule has 0 bridgehead atoms. The molecule has 1 atom stereocenters. The summed E-state index contributed by atoms with van der Waals surface area (Å²) >= 11 is 0. The maximum atomic E-state index is 13.1. The number of methoxy groups -OCH3 is 1. The standard InChI is InChI=1S/C26H28N6O6/c1-16(34)30-7-9-31(10-8-30)24-6-5-22-20(28-24)12-23(38-22)21(29-26(36)27-15-33)14-32-13-17-3-4-18(37-2)11-19(17)25(32)35/h3-6,11-12,15,21H,7-10,13-14H2,1-2H3,(H2,27,29,33,36)/t21-/m0/s1. The number of piperazine rings is 1. The van der Waals surface area contributed by atoms with Crippen molar-refractivity contribution in [2.24, 2.45) is 0 Å². The molecule has 4 heterocycles. The maximum absolute atomic E-state index is 13.1. The second-order valence-electron chi connectivity index (χ2n) is 9.19. The molecular weight excluding hydrogens is 492 g/mol. The number of hydrogen-bond donors (Lipinski definition) is 2. The van der Waals surface area contributed by atoms with Crippen molar-refractivity contribution in [2.75, 3.05) is 44.7 Å². The van der Waals surface area contributed by atoms with E-state index < -0.39 is 12.1 Å². The molecule has 12 nitrogen and oxygen atoms in total. The molecule has 1 aromatic carbocycles. The molecule has 5 rings (SSSR count). The zero-order valence-electron chi connectivity index (χ0n) is 21.1. The highest BCUT2D eigenvalue weighted by atomic mass is 16.5. The number of ether oxygens (including phenoxy) is 1. The highest BCUT2D eigenvalue weighted by Gasteiger charge is 2.32. The fourth-order valence-corrected chi connectivity index (χ4v) is 4.83. The molecule has 0 unspecified atom stereocenters. The average molecular weight is 521 g/mol. The molecule has 5 amide bonds. The molecule has 1 saturated heterocycles. The second-order valence-corrected chi connectivity index (χ2v) is 9.19. The first-order valence-corrected chi connectivity index (χ1v) is 12.2. The van der Waals surface area contributed by atoms with Crippen molar-refractivity contribution in [3.8, 4) is 5.75 Å². The summed E-state index contributed by atoms with van der Waals surface area (Å²) in [4.78, 5) is 58.1. The van der Waals surface area contributed by atoms with Gasteiger partial charge in [-0.1, -0.05) is 6.07 Å². The maximum Gasteiger partial charge on any atom is 0.321 e. The Balaban J connectivity index is 1.37. The summed E-state index contributed by atoms with van der Waals surface area (Å²) in [7, 11) is 1.54. The Labute approximate surface area is 218 Å². The van der Waals surface area contributed by atoms with Crippen molar-refractivity contribution in [1.82, 2.24) is 25.4 Å². The number of imide groups is 1. The summed E-state index contributed by atoms with van der Waals surface area (Å²) in [6, 6.07) is 9.27. The minimum absolute atomic E-state index is 0.0587. The number of carbonyl (C=O) groups is 4. The molecule has 2 N–H and O–H groups in total. The molecule has 0 radical (unpaired) electrons. The van der Waals surface area contributed by atoms with E-state index in [0.29, 0.717) is 60.9 Å². The number of hydrogen-bond acceptors (Lipinski definition) is 8. The number of pyridine rings is 1. The van der Waals surface area contributed by atoms with Gasteiger partial charge in [-0.05, 0) is 29.8 Å². The third-order valence-corrected chi connectivity index (χ3v) is 6.86. The van der Waals surface area contributed by atoms with Gasteiger partial charge in [0.1, 0.15) is 28.9 Å². The summed E-state index contributed by atoms with van der Waals surface area (Å²) in [6.45, 7) is 4.63. The Morgan fingerprint density at radius 2 is 1.95 bits per heavy atom. The first kappa shape index (κ1) is 25.1. The topological polar surface area (TPSA) is 137 Å². The molecule has 0 saturated carbocycles. The molecule has 1 fully saturated rings. The van der Waals surface area contributed by atoms with Crippen molar-refractivity contribution in [1.29, 1.82) is 0 Å². The average Bonchev–Trinajstić information content (AvgIpc) is 3.48. The zero-order chi connectivity index (χ0) is 26.8. The SMILES string of the molecule is COc1ccc2c(c1)C(=O)N(C[C@H](NC(=O)NC=O)c1cc3nc(N4CCN(C(C)=O)CC4)ccc3o1)C2. The summed E-state index contributed by atoms with van der Waals surface area (Å²) in [5, 5.41) is 4.79. The van der Waals surface area contributed by atoms with Gasteiger partial charge in [-0.2, -0.15) is 0 Å². The Morgan fingerprint density at radius 3 is 2.66 bits per heavy atom. The van der Waals surface area contributed by atoms with Crippen LogP contribution >= 0.6 is 0 Å². The van der Waals surface area contributed by atoms with Crippen molar-refractivity contribution in [3.63, 3.8) is 0 Å². The molecule has 198 valence electrons. The zero-order valence-corrected chi connectivity index (χ0v) is 21.1. The molecule has 12 heteroatoms. The van der Waals surface area contributed by atoms with Crippen LogP contribution in [0.4, 0.5) is 10.6 Å². The molecule has 2 aliphatic rings. The lowest BCUT2D eigenvalue weighted by Crippen LogP contribution is -2.48. The van der Waals surface area contributed by atoms with Gasteiger partial charge in [0.15, 0.2) is 5.58 Å². The largest absolute Gasteiger partial charge is 0.497 e. The first-order valence-electron chi connectivity index (χ1n) is 12.2. The number of amides is 5. The van der Waals surface area contributed by atoms with E-state index >= 15 is 0 Å². The van der Waals surface area contributed by atoms with E-state index in [2.05, 4.69) is 15.5 Å². The van der Waals surface area contributed by atoms with E-state index in [4.69, 9.17) is 14.1 Å². The Hall–Kier alpha value is -4.61. The number of nitrogens with one attached hydrogen (secondary N) is 2. The van der Waals surface area contributed by atoms with Gasteiger partial charge < -0.3 is 29.2 Å². The van der Waals surface area contributed by atoms with E-state index in [0.717, 1.165) is 11.4 Å². The normalized spacial score (nSPS) is 15.8. The first-order chi connectivity index (χ1) is 18.4. The molecular formula is C26H28N6O6. The fourth-order valence-electron chi connectivity index (χ4n) is 4.83. The third-order valence-electron chi connectivity index (χ3n) is 6.86. The van der Waals surface area contributed by atoms with Crippen LogP contribution in [0.25, 0.3) is 11.1 Å². The number of aromatic nitrogens is 1. The van der Waals surface area contributed by atoms with Crippen LogP contribution in [0.1, 0.15) is 34.6 Å². The number of rotatable bonds is 7. The van der Waals surface area contributed by atoms with Crippen LogP contribution < -0.4 is 20.3 Å². The van der Waals surface area contributed by atoms with E-state index in [9.17, 15) is 19.2 Å². The number of benzene rings is 1. The summed E-state index contributed by atoms with van der Waals surface area (Å²) in [6.07, 6.45) is 0.286. The Bertz CT molecular complexity index is 1400. The van der Waals surface area contributed by atoms with Gasteiger partial charge in [-0.3, -0.25) is 19.7 Å². The molecule has 3 aromatic rings. The lowest BCUT2D eigenvalue weighted by molar-refractivity contribution is -0.129. The predicted molar refractivity (Wildman–Crippen MR) is 137 cm³/mol. The van der Waals surface area contributed by atoms with Crippen LogP contribution in [0.2, 0.25) is 0 Å². The minimum Gasteiger partial charge on any atom is -0.497 e. The van der Waals surface area contributed by atoms with Gasteiger partial charge in [-0.25, -0.2) is 9.78 Å². The number of carbonyl (C=O) groups excluding carboxylic acids is 4. The molecule has 0 aliphatic carbocycles. The second kappa shape index (κ2) is 10.4. The third kappa shape index (κ3) is 4.97. The van der Waals surface area contributed by atoms with Crippen molar-refractivity contribution in [3.05, 3.63) is 53.3 Å². The fraction of sp³-hybridized carbons (Fsp3) is 0.346. The number of urea groups is 1. The predicted octanol–water partition coefficient (Wildman–Crippen LogP) is 1.66. The molecule has 38 heavy (non-hydrogen) atoms. The van der Waals surface area contributed by atoms with Gasteiger partial charge in [0.25, 0.3) is 5.91 Å². The Kier molecular flexibility index (Phi) is 6.86. The van der Waals surface area contributed by atoms with E-state index in [1.165, 1.54) is 7.11 Å². The lowest BCUT2D eigenvalue weighted by atomic mass is 10.1. The summed E-state index contributed by atoms with van der Waals surface area (Å²) in [5.74, 6) is 1.61. The number of furan rings is 1. The molecule has 0 spiro atoms. The van der Waals surface area contributed by atoms with E-state index in [-0.39, 0.29) is 24.8 Å². The summed E-state index contributed by atoms with van der Waals surface area (Å²) in [5.41, 5.74) is 2.51. The van der Waals surface area contributed by atoms with Crippen molar-refractivity contribution < 1.29 is 28.3 Å². The van der Waals surface area contributed by atoms with Gasteiger partial charge in [-0.15, -0.1) is 0 Å². The van der Waals surface area contributed by atoms with Crippen LogP contribution in [0.5, 0.6) is 5.75 Å². The monoisotopic (exact) mass is 520 g/mol. The van der Waals surface area contributed by atoms with Crippen LogP contribution in [0.3, 0.4) is 0 Å². The summed E-state index contributed by atoms with van der Waals surface area (Å²) < 4.78 is 11.3. The highest BCUT2D eigenvalue weighted by Crippen LogP contribution is 2.30. The Morgan fingerprint density at radius 1 is 1.16 bits per heavy atom. The van der Waals surface area contributed by atoms with Crippen LogP contribution in [-0.2, 0) is 16.1 Å². The van der Waals surface area contributed by atoms with Crippen LogP contribution in [-0.4, -0.2) is 78.9 Å². The number of anilines is 1. The highest BCUT2D eigenvalue weighted by molar-refractivity contribution is 5.98. The van der Waals surface area contributed by atoms with Crippen LogP contribution in [0, 0.1) is 0 Å². The van der Waals surface area contributed by atoms with Gasteiger partial charge in [0.05, 0.1) is 7.11 Å². The van der Waals surface area contributed by atoms with Crippen molar-refractivity contribution in [2.45, 2.75) is 19.5 Å². The van der Waals surface area contributed by atoms with E-state index in [1.807, 2.05) is 18.2 Å². The molecule has 2 aromatic heterocycles. The molecule has 2 aliphatic heterocycles. The quantitative estimate of drug-likeness (QED) is 0.449. The van der Waals surface area contributed by atoms with Gasteiger partial charge in [0, 0.05) is 57.8 Å². The van der Waals surface area contributed by atoms with E-state index in [1.54, 1.807) is 34.9 Å². The van der Waals surface area contributed by atoms with Crippen LogP contribution in [0.15, 0.2) is 40.8 Å². The number of nitrogens with zero attached hydrogens (tertiary/aromatic N) is 4. The lowest BCUT2D eigenvalue weighted by Gasteiger charge is -2.34. The minimum atomic E-state index is -0.744. The number of fused-ring (bicyclic) bond motifs is 2. The smallest absolute Gasteiger partial charge is 0.321 e. The van der Waals surface area contributed by atoms with Gasteiger partial charge in [0.2, 0.25) is 12.3 Å².